The Morgan fingerprint density at radius 3 is 2.54 bits per heavy atom. The number of aromatic nitrogens is 1. The first-order valence-corrected chi connectivity index (χ1v) is 9.81. The first-order valence-electron chi connectivity index (χ1n) is 9.43. The first-order chi connectivity index (χ1) is 13.4. The van der Waals surface area contributed by atoms with Crippen molar-refractivity contribution in [1.82, 2.24) is 10.4 Å². The fourth-order valence-electron chi connectivity index (χ4n) is 2.79. The molecule has 5 heteroatoms. The molecule has 2 aromatic carbocycles. The number of carbonyl (C=O) groups is 1. The van der Waals surface area contributed by atoms with Crippen molar-refractivity contribution in [3.8, 4) is 11.3 Å². The van der Waals surface area contributed by atoms with Gasteiger partial charge in [-0.05, 0) is 37.0 Å². The van der Waals surface area contributed by atoms with E-state index < -0.39 is 0 Å². The number of fused-ring (bicyclic) bond motifs is 1. The third-order valence-corrected chi connectivity index (χ3v) is 5.17. The Labute approximate surface area is 170 Å². The Hall–Kier alpha value is -2.72. The van der Waals surface area contributed by atoms with E-state index in [2.05, 4.69) is 29.6 Å². The van der Waals surface area contributed by atoms with E-state index in [0.717, 1.165) is 17.7 Å². The number of para-hydroxylation sites is 1. The second-order valence-corrected chi connectivity index (χ2v) is 7.50. The molecule has 1 aromatic heterocycles. The van der Waals surface area contributed by atoms with Crippen molar-refractivity contribution in [2.75, 3.05) is 0 Å². The Kier molecular flexibility index (Phi) is 6.10. The summed E-state index contributed by atoms with van der Waals surface area (Å²) in [7, 11) is 0. The van der Waals surface area contributed by atoms with Crippen LogP contribution in [0.2, 0.25) is 5.02 Å². The molecule has 0 fully saturated rings. The third-order valence-electron chi connectivity index (χ3n) is 4.86. The molecule has 0 atom stereocenters. The zero-order chi connectivity index (χ0) is 20.3. The number of halogens is 1. The van der Waals surface area contributed by atoms with Gasteiger partial charge in [0.05, 0.1) is 21.8 Å². The quantitative estimate of drug-likeness (QED) is 0.434. The lowest BCUT2D eigenvalue weighted by Gasteiger charge is -2.11. The highest BCUT2D eigenvalue weighted by Gasteiger charge is 2.15. The second-order valence-electron chi connectivity index (χ2n) is 7.09. The molecule has 0 spiro atoms. The van der Waals surface area contributed by atoms with Crippen molar-refractivity contribution in [2.24, 2.45) is 11.0 Å². The molecule has 0 aliphatic heterocycles. The lowest BCUT2D eigenvalue weighted by atomic mass is 10.0. The first kappa shape index (κ1) is 20.0. The Bertz CT molecular complexity index is 1040. The van der Waals surface area contributed by atoms with E-state index in [1.54, 1.807) is 12.1 Å². The summed E-state index contributed by atoms with van der Waals surface area (Å²) < 4.78 is 0. The molecule has 0 aliphatic carbocycles. The molecule has 1 heterocycles. The van der Waals surface area contributed by atoms with E-state index >= 15 is 0 Å². The number of benzene rings is 2. The number of nitrogens with one attached hydrogen (secondary N) is 1. The van der Waals surface area contributed by atoms with Gasteiger partial charge in [0.15, 0.2) is 0 Å². The van der Waals surface area contributed by atoms with E-state index in [0.29, 0.717) is 27.2 Å². The van der Waals surface area contributed by atoms with Gasteiger partial charge >= 0.3 is 0 Å². The molecule has 3 aromatic rings. The van der Waals surface area contributed by atoms with Gasteiger partial charge in [-0.2, -0.15) is 5.10 Å². The number of pyridine rings is 1. The van der Waals surface area contributed by atoms with Crippen LogP contribution in [-0.2, 0) is 6.42 Å². The summed E-state index contributed by atoms with van der Waals surface area (Å²) in [5, 5.41) is 5.44. The summed E-state index contributed by atoms with van der Waals surface area (Å²) in [6, 6.07) is 15.4. The molecule has 0 unspecified atom stereocenters. The third kappa shape index (κ3) is 4.23. The number of hydrogen-bond donors (Lipinski definition) is 1. The summed E-state index contributed by atoms with van der Waals surface area (Å²) in [6.45, 7) is 8.08. The van der Waals surface area contributed by atoms with E-state index in [9.17, 15) is 4.79 Å². The van der Waals surface area contributed by atoms with Gasteiger partial charge in [0.25, 0.3) is 5.91 Å². The maximum absolute atomic E-state index is 12.9. The number of hydrazone groups is 1. The van der Waals surface area contributed by atoms with Crippen molar-refractivity contribution in [3.05, 3.63) is 64.7 Å². The predicted molar refractivity (Wildman–Crippen MR) is 117 cm³/mol. The number of amides is 1. The summed E-state index contributed by atoms with van der Waals surface area (Å²) >= 11 is 6.39. The lowest BCUT2D eigenvalue weighted by molar-refractivity contribution is 0.0956. The van der Waals surface area contributed by atoms with Gasteiger partial charge in [0, 0.05) is 16.7 Å². The predicted octanol–water partition coefficient (Wildman–Crippen LogP) is 5.88. The molecule has 0 aliphatic rings. The number of aryl methyl sites for hydroxylation is 1. The van der Waals surface area contributed by atoms with Crippen LogP contribution in [0, 0.1) is 5.92 Å². The molecule has 3 rings (SSSR count). The molecule has 0 saturated heterocycles. The van der Waals surface area contributed by atoms with E-state index in [1.165, 1.54) is 5.56 Å². The van der Waals surface area contributed by atoms with Crippen LogP contribution < -0.4 is 5.43 Å². The SMILES string of the molecule is CCc1ccc(-c2cc(C(=O)N/N=C(\C)C(C)C)c3cccc(Cl)c3n2)cc1. The average molecular weight is 394 g/mol. The highest BCUT2D eigenvalue weighted by Crippen LogP contribution is 2.29. The van der Waals surface area contributed by atoms with Gasteiger partial charge in [0.1, 0.15) is 0 Å². The normalized spacial score (nSPS) is 11.9. The molecule has 0 bridgehead atoms. The standard InChI is InChI=1S/C23H24ClN3O/c1-5-16-9-11-17(12-10-16)21-13-19(23(28)27-26-15(4)14(2)3)18-7-6-8-20(24)22(18)25-21/h6-14H,5H2,1-4H3,(H,27,28)/b26-15+. The molecule has 1 amide bonds. The van der Waals surface area contributed by atoms with Crippen molar-refractivity contribution in [2.45, 2.75) is 34.1 Å². The number of hydrogen-bond acceptors (Lipinski definition) is 3. The molecule has 144 valence electrons. The Morgan fingerprint density at radius 1 is 1.18 bits per heavy atom. The van der Waals surface area contributed by atoms with E-state index in [1.807, 2.05) is 45.0 Å². The summed E-state index contributed by atoms with van der Waals surface area (Å²) in [5.41, 5.74) is 7.53. The molecule has 28 heavy (non-hydrogen) atoms. The fourth-order valence-corrected chi connectivity index (χ4v) is 3.01. The van der Waals surface area contributed by atoms with Crippen LogP contribution >= 0.6 is 11.6 Å². The van der Waals surface area contributed by atoms with E-state index in [-0.39, 0.29) is 11.8 Å². The van der Waals surface area contributed by atoms with Gasteiger partial charge in [-0.1, -0.05) is 68.8 Å². The fraction of sp³-hybridized carbons (Fsp3) is 0.261. The zero-order valence-corrected chi connectivity index (χ0v) is 17.3. The summed E-state index contributed by atoms with van der Waals surface area (Å²) in [5.74, 6) is -0.0161. The molecular formula is C23H24ClN3O. The highest BCUT2D eigenvalue weighted by molar-refractivity contribution is 6.35. The lowest BCUT2D eigenvalue weighted by Crippen LogP contribution is -2.21. The maximum Gasteiger partial charge on any atom is 0.272 e. The van der Waals surface area contributed by atoms with Crippen LogP contribution in [0.4, 0.5) is 0 Å². The van der Waals surface area contributed by atoms with Crippen LogP contribution in [0.5, 0.6) is 0 Å². The van der Waals surface area contributed by atoms with Gasteiger partial charge in [-0.25, -0.2) is 10.4 Å². The minimum atomic E-state index is -0.277. The number of nitrogens with zero attached hydrogens (tertiary/aromatic N) is 2. The molecule has 0 radical (unpaired) electrons. The van der Waals surface area contributed by atoms with Gasteiger partial charge in [-0.15, -0.1) is 0 Å². The molecule has 0 saturated carbocycles. The largest absolute Gasteiger partial charge is 0.272 e. The van der Waals surface area contributed by atoms with Crippen molar-refractivity contribution in [1.29, 1.82) is 0 Å². The van der Waals surface area contributed by atoms with Crippen LogP contribution in [0.3, 0.4) is 0 Å². The summed E-state index contributed by atoms with van der Waals surface area (Å²) in [6.07, 6.45) is 0.970. The zero-order valence-electron chi connectivity index (χ0n) is 16.6. The maximum atomic E-state index is 12.9. The topological polar surface area (TPSA) is 54.4 Å². The van der Waals surface area contributed by atoms with Crippen LogP contribution in [0.1, 0.15) is 43.6 Å². The smallest absolute Gasteiger partial charge is 0.267 e. The van der Waals surface area contributed by atoms with Gasteiger partial charge < -0.3 is 0 Å². The van der Waals surface area contributed by atoms with Gasteiger partial charge in [-0.3, -0.25) is 4.79 Å². The Balaban J connectivity index is 2.11. The number of carbonyl (C=O) groups excluding carboxylic acids is 1. The highest BCUT2D eigenvalue weighted by atomic mass is 35.5. The monoisotopic (exact) mass is 393 g/mol. The van der Waals surface area contributed by atoms with Crippen LogP contribution in [0.25, 0.3) is 22.2 Å². The van der Waals surface area contributed by atoms with Crippen molar-refractivity contribution < 1.29 is 4.79 Å². The van der Waals surface area contributed by atoms with Crippen molar-refractivity contribution >= 4 is 34.1 Å². The molecule has 4 nitrogen and oxygen atoms in total. The number of rotatable bonds is 5. The van der Waals surface area contributed by atoms with E-state index in [4.69, 9.17) is 16.6 Å². The molecule has 1 N–H and O–H groups in total. The van der Waals surface area contributed by atoms with Crippen molar-refractivity contribution in [3.63, 3.8) is 0 Å². The van der Waals surface area contributed by atoms with Crippen LogP contribution in [0.15, 0.2) is 53.6 Å². The minimum absolute atomic E-state index is 0.261. The van der Waals surface area contributed by atoms with Crippen LogP contribution in [-0.4, -0.2) is 16.6 Å². The average Bonchev–Trinajstić information content (AvgIpc) is 2.71. The molecular weight excluding hydrogens is 370 g/mol. The van der Waals surface area contributed by atoms with Gasteiger partial charge in [0.2, 0.25) is 0 Å². The second kappa shape index (κ2) is 8.53. The summed E-state index contributed by atoms with van der Waals surface area (Å²) in [4.78, 5) is 17.6. The Morgan fingerprint density at radius 2 is 1.89 bits per heavy atom. The minimum Gasteiger partial charge on any atom is -0.267 e.